The number of nitrogens with zero attached hydrogens (tertiary/aromatic N) is 3. The Bertz CT molecular complexity index is 1040. The van der Waals surface area contributed by atoms with Gasteiger partial charge in [-0.2, -0.15) is 0 Å². The van der Waals surface area contributed by atoms with Crippen LogP contribution in [0.3, 0.4) is 0 Å². The molecule has 0 aliphatic heterocycles. The van der Waals surface area contributed by atoms with E-state index in [1.165, 1.54) is 0 Å². The lowest BCUT2D eigenvalue weighted by atomic mass is 10.1. The number of aromatic nitrogens is 3. The van der Waals surface area contributed by atoms with E-state index in [4.69, 9.17) is 4.98 Å². The van der Waals surface area contributed by atoms with Crippen LogP contribution >= 0.6 is 0 Å². The van der Waals surface area contributed by atoms with E-state index < -0.39 is 0 Å². The number of pyridine rings is 1. The van der Waals surface area contributed by atoms with E-state index in [9.17, 15) is 4.79 Å². The van der Waals surface area contributed by atoms with E-state index in [1.54, 1.807) is 17.0 Å². The summed E-state index contributed by atoms with van der Waals surface area (Å²) < 4.78 is 1.73. The average Bonchev–Trinajstić information content (AvgIpc) is 2.65. The maximum absolute atomic E-state index is 13.0. The highest BCUT2D eigenvalue weighted by Crippen LogP contribution is 2.19. The lowest BCUT2D eigenvalue weighted by Crippen LogP contribution is -2.24. The Morgan fingerprint density at radius 2 is 1.54 bits per heavy atom. The highest BCUT2D eigenvalue weighted by molar-refractivity contribution is 5.79. The Morgan fingerprint density at radius 3 is 2.33 bits per heavy atom. The van der Waals surface area contributed by atoms with E-state index >= 15 is 0 Å². The van der Waals surface area contributed by atoms with E-state index in [2.05, 4.69) is 4.98 Å². The standard InChI is InChI=1S/C20H15N3O/c24-20-17-8-4-5-9-18(17)22-19(16-6-2-1-3-7-16)23(20)14-15-10-12-21-13-11-15/h1-13H,14H2. The summed E-state index contributed by atoms with van der Waals surface area (Å²) in [6.45, 7) is 0.462. The van der Waals surface area contributed by atoms with Gasteiger partial charge in [-0.25, -0.2) is 4.98 Å². The van der Waals surface area contributed by atoms with Crippen molar-refractivity contribution in [1.29, 1.82) is 0 Å². The molecule has 24 heavy (non-hydrogen) atoms. The first-order valence-corrected chi connectivity index (χ1v) is 7.77. The van der Waals surface area contributed by atoms with Gasteiger partial charge in [-0.1, -0.05) is 42.5 Å². The van der Waals surface area contributed by atoms with E-state index in [1.807, 2.05) is 66.7 Å². The van der Waals surface area contributed by atoms with Crippen LogP contribution in [-0.4, -0.2) is 14.5 Å². The smallest absolute Gasteiger partial charge is 0.261 e. The van der Waals surface area contributed by atoms with Gasteiger partial charge < -0.3 is 0 Å². The molecule has 4 rings (SSSR count). The number of hydrogen-bond acceptors (Lipinski definition) is 3. The van der Waals surface area contributed by atoms with Crippen molar-refractivity contribution < 1.29 is 0 Å². The third-order valence-electron chi connectivity index (χ3n) is 3.98. The normalized spacial score (nSPS) is 10.8. The topological polar surface area (TPSA) is 47.8 Å². The molecule has 0 spiro atoms. The van der Waals surface area contributed by atoms with Gasteiger partial charge in [-0.05, 0) is 29.8 Å². The van der Waals surface area contributed by atoms with Gasteiger partial charge in [0.1, 0.15) is 5.82 Å². The van der Waals surface area contributed by atoms with Crippen molar-refractivity contribution in [1.82, 2.24) is 14.5 Å². The minimum absolute atomic E-state index is 0.0312. The van der Waals surface area contributed by atoms with Crippen molar-refractivity contribution >= 4 is 10.9 Å². The lowest BCUT2D eigenvalue weighted by molar-refractivity contribution is 0.758. The summed E-state index contributed by atoms with van der Waals surface area (Å²) in [5, 5.41) is 0.631. The van der Waals surface area contributed by atoms with Gasteiger partial charge in [-0.15, -0.1) is 0 Å². The van der Waals surface area contributed by atoms with Crippen LogP contribution in [0.2, 0.25) is 0 Å². The molecule has 4 aromatic rings. The predicted molar refractivity (Wildman–Crippen MR) is 94.8 cm³/mol. The van der Waals surface area contributed by atoms with Crippen LogP contribution in [0.1, 0.15) is 5.56 Å². The fraction of sp³-hybridized carbons (Fsp3) is 0.0500. The number of rotatable bonds is 3. The second-order valence-corrected chi connectivity index (χ2v) is 5.57. The van der Waals surface area contributed by atoms with Gasteiger partial charge in [0.15, 0.2) is 0 Å². The first kappa shape index (κ1) is 14.3. The number of para-hydroxylation sites is 1. The molecule has 0 saturated carbocycles. The highest BCUT2D eigenvalue weighted by Gasteiger charge is 2.12. The molecule has 0 N–H and O–H groups in total. The van der Waals surface area contributed by atoms with Crippen LogP contribution in [-0.2, 0) is 6.54 Å². The van der Waals surface area contributed by atoms with Gasteiger partial charge in [-0.3, -0.25) is 14.3 Å². The molecule has 116 valence electrons. The molecule has 2 aromatic heterocycles. The summed E-state index contributed by atoms with van der Waals surface area (Å²) in [5.74, 6) is 0.677. The zero-order valence-corrected chi connectivity index (χ0v) is 13.0. The van der Waals surface area contributed by atoms with Crippen LogP contribution in [0.4, 0.5) is 0 Å². The molecule has 0 aliphatic carbocycles. The highest BCUT2D eigenvalue weighted by atomic mass is 16.1. The summed E-state index contributed by atoms with van der Waals surface area (Å²) in [5.41, 5.74) is 2.62. The molecule has 4 heteroatoms. The lowest BCUT2D eigenvalue weighted by Gasteiger charge is -2.13. The second-order valence-electron chi connectivity index (χ2n) is 5.57. The molecule has 2 aromatic carbocycles. The van der Waals surface area contributed by atoms with Crippen molar-refractivity contribution in [3.63, 3.8) is 0 Å². The van der Waals surface area contributed by atoms with Gasteiger partial charge in [0.2, 0.25) is 0 Å². The average molecular weight is 313 g/mol. The molecule has 0 saturated heterocycles. The van der Waals surface area contributed by atoms with Crippen molar-refractivity contribution in [3.05, 3.63) is 95.0 Å². The zero-order chi connectivity index (χ0) is 16.4. The monoisotopic (exact) mass is 313 g/mol. The Morgan fingerprint density at radius 1 is 0.833 bits per heavy atom. The summed E-state index contributed by atoms with van der Waals surface area (Å²) in [6.07, 6.45) is 3.47. The Hall–Kier alpha value is -3.27. The van der Waals surface area contributed by atoms with E-state index in [-0.39, 0.29) is 5.56 Å². The van der Waals surface area contributed by atoms with Gasteiger partial charge in [0, 0.05) is 18.0 Å². The summed E-state index contributed by atoms with van der Waals surface area (Å²) in [7, 11) is 0. The minimum Gasteiger partial charge on any atom is -0.288 e. The van der Waals surface area contributed by atoms with Crippen LogP contribution in [0.15, 0.2) is 83.9 Å². The summed E-state index contributed by atoms with van der Waals surface area (Å²) >= 11 is 0. The fourth-order valence-corrected chi connectivity index (χ4v) is 2.79. The molecular weight excluding hydrogens is 298 g/mol. The van der Waals surface area contributed by atoms with E-state index in [0.717, 1.165) is 11.1 Å². The summed E-state index contributed by atoms with van der Waals surface area (Å²) in [4.78, 5) is 21.8. The Labute approximate surface area is 139 Å². The van der Waals surface area contributed by atoms with Gasteiger partial charge in [0.05, 0.1) is 17.4 Å². The van der Waals surface area contributed by atoms with Gasteiger partial charge >= 0.3 is 0 Å². The molecule has 0 atom stereocenters. The Kier molecular flexibility index (Phi) is 3.63. The van der Waals surface area contributed by atoms with Gasteiger partial charge in [0.25, 0.3) is 5.56 Å². The molecular formula is C20H15N3O. The number of benzene rings is 2. The molecule has 0 fully saturated rings. The molecule has 0 radical (unpaired) electrons. The van der Waals surface area contributed by atoms with Crippen molar-refractivity contribution in [2.75, 3.05) is 0 Å². The fourth-order valence-electron chi connectivity index (χ4n) is 2.79. The maximum Gasteiger partial charge on any atom is 0.261 e. The molecule has 0 bridgehead atoms. The SMILES string of the molecule is O=c1c2ccccc2nc(-c2ccccc2)n1Cc1ccncc1. The predicted octanol–water partition coefficient (Wildman–Crippen LogP) is 3.51. The largest absolute Gasteiger partial charge is 0.288 e. The zero-order valence-electron chi connectivity index (χ0n) is 13.0. The molecule has 0 unspecified atom stereocenters. The third kappa shape index (κ3) is 2.58. The number of hydrogen-bond donors (Lipinski definition) is 0. The van der Waals surface area contributed by atoms with Crippen molar-refractivity contribution in [3.8, 4) is 11.4 Å². The van der Waals surface area contributed by atoms with Crippen LogP contribution < -0.4 is 5.56 Å². The first-order valence-electron chi connectivity index (χ1n) is 7.77. The molecule has 2 heterocycles. The van der Waals surface area contributed by atoms with Crippen molar-refractivity contribution in [2.24, 2.45) is 0 Å². The summed E-state index contributed by atoms with van der Waals surface area (Å²) in [6, 6.07) is 21.1. The first-order chi connectivity index (χ1) is 11.8. The Balaban J connectivity index is 1.98. The third-order valence-corrected chi connectivity index (χ3v) is 3.98. The van der Waals surface area contributed by atoms with E-state index in [0.29, 0.717) is 23.3 Å². The van der Waals surface area contributed by atoms with Crippen molar-refractivity contribution in [2.45, 2.75) is 6.54 Å². The van der Waals surface area contributed by atoms with Crippen LogP contribution in [0.25, 0.3) is 22.3 Å². The maximum atomic E-state index is 13.0. The molecule has 0 amide bonds. The van der Waals surface area contributed by atoms with Crippen LogP contribution in [0, 0.1) is 0 Å². The van der Waals surface area contributed by atoms with Crippen LogP contribution in [0.5, 0.6) is 0 Å². The quantitative estimate of drug-likeness (QED) is 0.581. The molecule has 4 nitrogen and oxygen atoms in total. The minimum atomic E-state index is -0.0312. The number of fused-ring (bicyclic) bond motifs is 1. The molecule has 0 aliphatic rings. The second kappa shape index (κ2) is 6.08.